The van der Waals surface area contributed by atoms with Gasteiger partial charge in [-0.1, -0.05) is 0 Å². The molecule has 112 valence electrons. The minimum absolute atomic E-state index is 0.393. The normalized spacial score (nSPS) is 31.7. The van der Waals surface area contributed by atoms with E-state index in [1.54, 1.807) is 0 Å². The van der Waals surface area contributed by atoms with Crippen molar-refractivity contribution < 1.29 is 4.42 Å². The molecular weight excluding hydrogens is 248 g/mol. The maximum atomic E-state index is 5.64. The fourth-order valence-electron chi connectivity index (χ4n) is 4.22. The third-order valence-corrected chi connectivity index (χ3v) is 5.45. The molecular formula is C17H28N2O. The second-order valence-electron chi connectivity index (χ2n) is 6.89. The molecule has 3 heteroatoms. The highest BCUT2D eigenvalue weighted by molar-refractivity contribution is 5.23. The lowest BCUT2D eigenvalue weighted by Gasteiger charge is -2.36. The van der Waals surface area contributed by atoms with Gasteiger partial charge in [0.05, 0.1) is 0 Å². The Morgan fingerprint density at radius 1 is 1.30 bits per heavy atom. The summed E-state index contributed by atoms with van der Waals surface area (Å²) in [5.74, 6) is 2.92. The van der Waals surface area contributed by atoms with E-state index in [4.69, 9.17) is 4.42 Å². The van der Waals surface area contributed by atoms with E-state index in [0.29, 0.717) is 6.04 Å². The summed E-state index contributed by atoms with van der Waals surface area (Å²) in [6.45, 7) is 7.49. The number of hydrogen-bond donors (Lipinski definition) is 1. The summed E-state index contributed by atoms with van der Waals surface area (Å²) >= 11 is 0. The van der Waals surface area contributed by atoms with Crippen molar-refractivity contribution in [2.24, 2.45) is 5.92 Å². The highest BCUT2D eigenvalue weighted by Gasteiger charge is 2.38. The van der Waals surface area contributed by atoms with Gasteiger partial charge in [0.2, 0.25) is 0 Å². The Kier molecular flexibility index (Phi) is 3.91. The molecule has 2 aliphatic heterocycles. The first kappa shape index (κ1) is 14.2. The van der Waals surface area contributed by atoms with E-state index in [1.807, 2.05) is 6.92 Å². The Balaban J connectivity index is 1.54. The minimum Gasteiger partial charge on any atom is -0.466 e. The SMILES string of the molecule is Cc1cc(C(C)NCC2CC3CCC(C2)N3C)c(C)o1. The molecule has 2 saturated heterocycles. The fourth-order valence-corrected chi connectivity index (χ4v) is 4.22. The topological polar surface area (TPSA) is 28.4 Å². The molecule has 1 N–H and O–H groups in total. The summed E-state index contributed by atoms with van der Waals surface area (Å²) in [7, 11) is 2.31. The average molecular weight is 276 g/mol. The first-order valence-corrected chi connectivity index (χ1v) is 8.07. The molecule has 3 unspecified atom stereocenters. The van der Waals surface area contributed by atoms with Crippen molar-refractivity contribution in [2.45, 2.75) is 64.6 Å². The zero-order valence-electron chi connectivity index (χ0n) is 13.3. The van der Waals surface area contributed by atoms with Gasteiger partial charge >= 0.3 is 0 Å². The third-order valence-electron chi connectivity index (χ3n) is 5.45. The van der Waals surface area contributed by atoms with Crippen LogP contribution in [0.25, 0.3) is 0 Å². The number of rotatable bonds is 4. The van der Waals surface area contributed by atoms with Crippen molar-refractivity contribution in [1.29, 1.82) is 0 Å². The lowest BCUT2D eigenvalue weighted by atomic mass is 9.90. The maximum Gasteiger partial charge on any atom is 0.105 e. The number of nitrogens with zero attached hydrogens (tertiary/aromatic N) is 1. The van der Waals surface area contributed by atoms with Gasteiger partial charge in [0.15, 0.2) is 0 Å². The van der Waals surface area contributed by atoms with E-state index in [9.17, 15) is 0 Å². The van der Waals surface area contributed by atoms with Crippen LogP contribution in [0.15, 0.2) is 10.5 Å². The highest BCUT2D eigenvalue weighted by atomic mass is 16.3. The molecule has 0 spiro atoms. The Morgan fingerprint density at radius 3 is 2.50 bits per heavy atom. The van der Waals surface area contributed by atoms with Crippen LogP contribution in [0.5, 0.6) is 0 Å². The third kappa shape index (κ3) is 2.66. The second-order valence-corrected chi connectivity index (χ2v) is 6.89. The molecule has 2 aliphatic rings. The van der Waals surface area contributed by atoms with Crippen molar-refractivity contribution in [3.05, 3.63) is 23.2 Å². The van der Waals surface area contributed by atoms with Crippen molar-refractivity contribution >= 4 is 0 Å². The van der Waals surface area contributed by atoms with E-state index >= 15 is 0 Å². The van der Waals surface area contributed by atoms with Crippen LogP contribution in [0, 0.1) is 19.8 Å². The Bertz CT molecular complexity index is 454. The van der Waals surface area contributed by atoms with E-state index in [1.165, 1.54) is 31.2 Å². The summed E-state index contributed by atoms with van der Waals surface area (Å²) in [6, 6.07) is 4.25. The molecule has 0 radical (unpaired) electrons. The molecule has 2 fully saturated rings. The molecule has 20 heavy (non-hydrogen) atoms. The van der Waals surface area contributed by atoms with E-state index in [0.717, 1.165) is 36.1 Å². The predicted molar refractivity (Wildman–Crippen MR) is 81.9 cm³/mol. The Morgan fingerprint density at radius 2 is 1.95 bits per heavy atom. The Hall–Kier alpha value is -0.800. The minimum atomic E-state index is 0.393. The number of piperidine rings is 1. The van der Waals surface area contributed by atoms with Crippen LogP contribution in [0.4, 0.5) is 0 Å². The van der Waals surface area contributed by atoms with Gasteiger partial charge < -0.3 is 14.6 Å². The van der Waals surface area contributed by atoms with Crippen molar-refractivity contribution in [3.63, 3.8) is 0 Å². The molecule has 0 saturated carbocycles. The second kappa shape index (κ2) is 5.53. The summed E-state index contributed by atoms with van der Waals surface area (Å²) in [5, 5.41) is 3.73. The average Bonchev–Trinajstić information content (AvgIpc) is 2.83. The molecule has 3 atom stereocenters. The standard InChI is InChI=1S/C17H28N2O/c1-11-7-17(13(3)20-11)12(2)18-10-14-8-15-5-6-16(9-14)19(15)4/h7,12,14-16,18H,5-6,8-10H2,1-4H3. The molecule has 2 bridgehead atoms. The van der Waals surface area contributed by atoms with Gasteiger partial charge in [-0.2, -0.15) is 0 Å². The molecule has 3 nitrogen and oxygen atoms in total. The molecule has 0 aromatic carbocycles. The Labute approximate surface area is 122 Å². The smallest absolute Gasteiger partial charge is 0.105 e. The van der Waals surface area contributed by atoms with Crippen molar-refractivity contribution in [1.82, 2.24) is 10.2 Å². The first-order chi connectivity index (χ1) is 9.54. The zero-order valence-corrected chi connectivity index (χ0v) is 13.3. The van der Waals surface area contributed by atoms with Gasteiger partial charge in [-0.25, -0.2) is 0 Å². The molecule has 0 amide bonds. The molecule has 3 heterocycles. The largest absolute Gasteiger partial charge is 0.466 e. The van der Waals surface area contributed by atoms with Gasteiger partial charge in [0, 0.05) is 23.7 Å². The van der Waals surface area contributed by atoms with Crippen LogP contribution in [0.3, 0.4) is 0 Å². The monoisotopic (exact) mass is 276 g/mol. The van der Waals surface area contributed by atoms with E-state index in [-0.39, 0.29) is 0 Å². The van der Waals surface area contributed by atoms with Crippen LogP contribution in [-0.4, -0.2) is 30.6 Å². The number of fused-ring (bicyclic) bond motifs is 2. The van der Waals surface area contributed by atoms with Gasteiger partial charge in [-0.3, -0.25) is 0 Å². The van der Waals surface area contributed by atoms with Crippen LogP contribution >= 0.6 is 0 Å². The summed E-state index contributed by atoms with van der Waals surface area (Å²) in [6.07, 6.45) is 5.56. The van der Waals surface area contributed by atoms with Gasteiger partial charge in [0.25, 0.3) is 0 Å². The highest BCUT2D eigenvalue weighted by Crippen LogP contribution is 2.37. The quantitative estimate of drug-likeness (QED) is 0.913. The molecule has 1 aromatic rings. The van der Waals surface area contributed by atoms with Gasteiger partial charge in [0.1, 0.15) is 11.5 Å². The van der Waals surface area contributed by atoms with Crippen LogP contribution in [0.1, 0.15) is 55.7 Å². The molecule has 1 aromatic heterocycles. The van der Waals surface area contributed by atoms with Gasteiger partial charge in [-0.05, 0) is 72.0 Å². The molecule has 3 rings (SSSR count). The number of aryl methyl sites for hydroxylation is 2. The first-order valence-electron chi connectivity index (χ1n) is 8.07. The number of furan rings is 1. The summed E-state index contributed by atoms with van der Waals surface area (Å²) in [4.78, 5) is 2.61. The molecule has 0 aliphatic carbocycles. The van der Waals surface area contributed by atoms with Crippen LogP contribution < -0.4 is 5.32 Å². The number of nitrogens with one attached hydrogen (secondary N) is 1. The summed E-state index contributed by atoms with van der Waals surface area (Å²) < 4.78 is 5.64. The van der Waals surface area contributed by atoms with Crippen molar-refractivity contribution in [3.8, 4) is 0 Å². The lowest BCUT2D eigenvalue weighted by Crippen LogP contribution is -2.42. The zero-order chi connectivity index (χ0) is 14.3. The van der Waals surface area contributed by atoms with E-state index in [2.05, 4.69) is 37.2 Å². The van der Waals surface area contributed by atoms with E-state index < -0.39 is 0 Å². The number of hydrogen-bond acceptors (Lipinski definition) is 3. The van der Waals surface area contributed by atoms with Gasteiger partial charge in [-0.15, -0.1) is 0 Å². The van der Waals surface area contributed by atoms with Crippen LogP contribution in [0.2, 0.25) is 0 Å². The van der Waals surface area contributed by atoms with Crippen LogP contribution in [-0.2, 0) is 0 Å². The lowest BCUT2D eigenvalue weighted by molar-refractivity contribution is 0.131. The fraction of sp³-hybridized carbons (Fsp3) is 0.765. The maximum absolute atomic E-state index is 5.64. The predicted octanol–water partition coefficient (Wildman–Crippen LogP) is 3.42. The van der Waals surface area contributed by atoms with Crippen molar-refractivity contribution in [2.75, 3.05) is 13.6 Å². The summed E-state index contributed by atoms with van der Waals surface area (Å²) in [5.41, 5.74) is 1.32.